The van der Waals surface area contributed by atoms with Crippen molar-refractivity contribution in [1.29, 1.82) is 0 Å². The second-order valence-corrected chi connectivity index (χ2v) is 6.33. The highest BCUT2D eigenvalue weighted by Gasteiger charge is 2.26. The van der Waals surface area contributed by atoms with Gasteiger partial charge in [-0.2, -0.15) is 4.98 Å². The van der Waals surface area contributed by atoms with Crippen LogP contribution in [0.4, 0.5) is 17.2 Å². The molecular weight excluding hydrogens is 386 g/mol. The number of anilines is 2. The first-order chi connectivity index (χ1) is 14.5. The van der Waals surface area contributed by atoms with Gasteiger partial charge in [0.1, 0.15) is 11.8 Å². The molecule has 0 atom stereocenters. The number of fused-ring (bicyclic) bond motifs is 1. The first kappa shape index (κ1) is 18.9. The van der Waals surface area contributed by atoms with Crippen LogP contribution in [0.3, 0.4) is 0 Å². The second-order valence-electron chi connectivity index (χ2n) is 6.33. The van der Waals surface area contributed by atoms with Gasteiger partial charge in [-0.3, -0.25) is 19.9 Å². The normalized spacial score (nSPS) is 10.6. The van der Waals surface area contributed by atoms with Gasteiger partial charge in [0.15, 0.2) is 11.5 Å². The van der Waals surface area contributed by atoms with Crippen molar-refractivity contribution in [1.82, 2.24) is 15.0 Å². The first-order valence-electron chi connectivity index (χ1n) is 8.92. The average Bonchev–Trinajstić information content (AvgIpc) is 2.74. The summed E-state index contributed by atoms with van der Waals surface area (Å²) >= 11 is 0. The maximum Gasteiger partial charge on any atom is 0.373 e. The third kappa shape index (κ3) is 3.76. The molecule has 30 heavy (non-hydrogen) atoms. The molecule has 2 aromatic carbocycles. The molecule has 0 saturated heterocycles. The summed E-state index contributed by atoms with van der Waals surface area (Å²) in [6.07, 6.45) is 2.77. The van der Waals surface area contributed by atoms with Gasteiger partial charge < -0.3 is 10.1 Å². The molecule has 0 fully saturated rings. The predicted octanol–water partition coefficient (Wildman–Crippen LogP) is 4.67. The Balaban J connectivity index is 1.74. The van der Waals surface area contributed by atoms with Crippen LogP contribution in [0.25, 0.3) is 10.9 Å². The van der Waals surface area contributed by atoms with E-state index in [0.717, 1.165) is 11.7 Å². The molecule has 0 unspecified atom stereocenters. The molecule has 4 aromatic rings. The van der Waals surface area contributed by atoms with Gasteiger partial charge in [-0.25, -0.2) is 4.98 Å². The monoisotopic (exact) mass is 401 g/mol. The smallest absolute Gasteiger partial charge is 0.373 e. The molecule has 9 heteroatoms. The van der Waals surface area contributed by atoms with E-state index in [0.29, 0.717) is 22.5 Å². The summed E-state index contributed by atoms with van der Waals surface area (Å²) in [6, 6.07) is 15.5. The lowest BCUT2D eigenvalue weighted by atomic mass is 10.1. The fourth-order valence-corrected chi connectivity index (χ4v) is 2.91. The minimum absolute atomic E-state index is 0.0566. The fraction of sp³-hybridized carbons (Fsp3) is 0.0476. The van der Waals surface area contributed by atoms with E-state index in [1.807, 2.05) is 12.1 Å². The highest BCUT2D eigenvalue weighted by molar-refractivity contribution is 5.95. The molecule has 0 bridgehead atoms. The molecule has 0 amide bonds. The van der Waals surface area contributed by atoms with E-state index in [1.54, 1.807) is 48.7 Å². The van der Waals surface area contributed by atoms with E-state index in [9.17, 15) is 14.9 Å². The highest BCUT2D eigenvalue weighted by Crippen LogP contribution is 2.37. The lowest BCUT2D eigenvalue weighted by Crippen LogP contribution is -2.04. The quantitative estimate of drug-likeness (QED) is 0.281. The zero-order chi connectivity index (χ0) is 21.1. The Bertz CT molecular complexity index is 1270. The van der Waals surface area contributed by atoms with E-state index in [-0.39, 0.29) is 17.5 Å². The summed E-state index contributed by atoms with van der Waals surface area (Å²) in [5.41, 5.74) is 1.06. The number of nitrogens with one attached hydrogen (secondary N) is 1. The van der Waals surface area contributed by atoms with Crippen LogP contribution >= 0.6 is 0 Å². The predicted molar refractivity (Wildman–Crippen MR) is 110 cm³/mol. The molecule has 4 rings (SSSR count). The van der Waals surface area contributed by atoms with E-state index in [2.05, 4.69) is 20.3 Å². The van der Waals surface area contributed by atoms with Crippen molar-refractivity contribution in [3.8, 4) is 11.6 Å². The number of pyridine rings is 1. The first-order valence-corrected chi connectivity index (χ1v) is 8.92. The Labute approximate surface area is 170 Å². The number of ketones is 1. The van der Waals surface area contributed by atoms with Crippen LogP contribution in [0, 0.1) is 10.1 Å². The van der Waals surface area contributed by atoms with Gasteiger partial charge in [-0.15, -0.1) is 0 Å². The standard InChI is InChI=1S/C21H15N5O4/c1-13(27)15-6-2-8-16(11-15)25-20-19(26(28)29)21(24-12-23-20)30-17-9-3-5-14-7-4-10-22-18(14)17/h2-12H,1H3,(H,23,24,25). The van der Waals surface area contributed by atoms with Gasteiger partial charge in [0, 0.05) is 22.8 Å². The number of carbonyl (C=O) groups is 1. The molecule has 0 spiro atoms. The number of nitrogens with zero attached hydrogens (tertiary/aromatic N) is 4. The third-order valence-electron chi connectivity index (χ3n) is 4.31. The zero-order valence-electron chi connectivity index (χ0n) is 15.8. The molecule has 148 valence electrons. The van der Waals surface area contributed by atoms with Crippen LogP contribution < -0.4 is 10.1 Å². The topological polar surface area (TPSA) is 120 Å². The largest absolute Gasteiger partial charge is 0.431 e. The Kier molecular flexibility index (Phi) is 5.00. The van der Waals surface area contributed by atoms with E-state index >= 15 is 0 Å². The van der Waals surface area contributed by atoms with Crippen LogP contribution in [-0.4, -0.2) is 25.7 Å². The van der Waals surface area contributed by atoms with E-state index < -0.39 is 10.6 Å². The number of ether oxygens (including phenoxy) is 1. The lowest BCUT2D eigenvalue weighted by Gasteiger charge is -2.11. The Morgan fingerprint density at radius 1 is 1.07 bits per heavy atom. The second kappa shape index (κ2) is 7.92. The van der Waals surface area contributed by atoms with Crippen molar-refractivity contribution in [3.05, 3.63) is 82.8 Å². The molecule has 2 aromatic heterocycles. The van der Waals surface area contributed by atoms with E-state index in [4.69, 9.17) is 4.74 Å². The summed E-state index contributed by atoms with van der Waals surface area (Å²) in [6.45, 7) is 1.44. The van der Waals surface area contributed by atoms with Gasteiger partial charge in [0.05, 0.1) is 4.92 Å². The summed E-state index contributed by atoms with van der Waals surface area (Å²) in [5, 5.41) is 15.5. The molecular formula is C21H15N5O4. The number of hydrogen-bond donors (Lipinski definition) is 1. The number of carbonyl (C=O) groups excluding carboxylic acids is 1. The SMILES string of the molecule is CC(=O)c1cccc(Nc2ncnc(Oc3cccc4cccnc34)c2[N+](=O)[O-])c1. The van der Waals surface area contributed by atoms with Crippen molar-refractivity contribution >= 4 is 33.9 Å². The number of nitro groups is 1. The highest BCUT2D eigenvalue weighted by atomic mass is 16.6. The molecule has 1 N–H and O–H groups in total. The van der Waals surface area contributed by atoms with Crippen molar-refractivity contribution in [2.75, 3.05) is 5.32 Å². The van der Waals surface area contributed by atoms with Crippen molar-refractivity contribution in [2.45, 2.75) is 6.92 Å². The third-order valence-corrected chi connectivity index (χ3v) is 4.31. The van der Waals surface area contributed by atoms with Crippen LogP contribution in [-0.2, 0) is 0 Å². The minimum Gasteiger partial charge on any atom is -0.431 e. The van der Waals surface area contributed by atoms with Crippen molar-refractivity contribution < 1.29 is 14.5 Å². The Morgan fingerprint density at radius 3 is 2.67 bits per heavy atom. The summed E-state index contributed by atoms with van der Waals surface area (Å²) < 4.78 is 5.78. The number of para-hydroxylation sites is 1. The van der Waals surface area contributed by atoms with Crippen LogP contribution in [0.1, 0.15) is 17.3 Å². The average molecular weight is 401 g/mol. The Hall–Kier alpha value is -4.40. The van der Waals surface area contributed by atoms with Gasteiger partial charge >= 0.3 is 11.6 Å². The van der Waals surface area contributed by atoms with Crippen molar-refractivity contribution in [2.24, 2.45) is 0 Å². The maximum atomic E-state index is 11.8. The summed E-state index contributed by atoms with van der Waals surface area (Å²) in [4.78, 5) is 35.0. The molecule has 0 aliphatic heterocycles. The number of hydrogen-bond acceptors (Lipinski definition) is 8. The number of rotatable bonds is 6. The maximum absolute atomic E-state index is 11.8. The molecule has 9 nitrogen and oxygen atoms in total. The zero-order valence-corrected chi connectivity index (χ0v) is 15.8. The Morgan fingerprint density at radius 2 is 1.87 bits per heavy atom. The van der Waals surface area contributed by atoms with E-state index in [1.165, 1.54) is 6.92 Å². The summed E-state index contributed by atoms with van der Waals surface area (Å²) in [7, 11) is 0. The molecule has 0 saturated carbocycles. The van der Waals surface area contributed by atoms with Crippen LogP contribution in [0.2, 0.25) is 0 Å². The lowest BCUT2D eigenvalue weighted by molar-refractivity contribution is -0.385. The van der Waals surface area contributed by atoms with Crippen LogP contribution in [0.5, 0.6) is 11.6 Å². The molecule has 2 heterocycles. The van der Waals surface area contributed by atoms with Gasteiger partial charge in [-0.1, -0.05) is 30.3 Å². The number of Topliss-reactive ketones (excluding diaryl/α,β-unsaturated/α-hetero) is 1. The molecule has 0 aliphatic rings. The number of benzene rings is 2. The number of aromatic nitrogens is 3. The van der Waals surface area contributed by atoms with Gasteiger partial charge in [0.25, 0.3) is 0 Å². The van der Waals surface area contributed by atoms with Crippen LogP contribution in [0.15, 0.2) is 67.1 Å². The fourth-order valence-electron chi connectivity index (χ4n) is 2.91. The molecule has 0 radical (unpaired) electrons. The van der Waals surface area contributed by atoms with Gasteiger partial charge in [-0.05, 0) is 31.2 Å². The minimum atomic E-state index is -0.620. The molecule has 0 aliphatic carbocycles. The summed E-state index contributed by atoms with van der Waals surface area (Å²) in [5.74, 6) is -0.0694. The van der Waals surface area contributed by atoms with Gasteiger partial charge in [0.2, 0.25) is 5.82 Å². The van der Waals surface area contributed by atoms with Crippen molar-refractivity contribution in [3.63, 3.8) is 0 Å².